The van der Waals surface area contributed by atoms with Crippen LogP contribution in [0, 0.1) is 0 Å². The Kier molecular flexibility index (Phi) is 6.40. The van der Waals surface area contributed by atoms with Crippen LogP contribution in [0.25, 0.3) is 11.3 Å². The van der Waals surface area contributed by atoms with Crippen molar-refractivity contribution in [3.8, 4) is 11.3 Å². The Bertz CT molecular complexity index is 804. The van der Waals surface area contributed by atoms with Crippen molar-refractivity contribution in [2.45, 2.75) is 34.1 Å². The van der Waals surface area contributed by atoms with Gasteiger partial charge in [-0.25, -0.2) is 4.99 Å². The molecule has 0 aliphatic rings. The molecule has 0 amide bonds. The average molecular weight is 335 g/mol. The van der Waals surface area contributed by atoms with Gasteiger partial charge in [0.05, 0.1) is 0 Å². The Balaban J connectivity index is 2.23. The lowest BCUT2D eigenvalue weighted by Gasteiger charge is -2.13. The molecule has 2 rings (SSSR count). The van der Waals surface area contributed by atoms with Crippen LogP contribution in [-0.4, -0.2) is 25.3 Å². The summed E-state index contributed by atoms with van der Waals surface area (Å²) in [6, 6.07) is 12.6. The minimum absolute atomic E-state index is 0.867. The van der Waals surface area contributed by atoms with Crippen molar-refractivity contribution in [2.24, 2.45) is 4.99 Å². The van der Waals surface area contributed by atoms with Crippen molar-refractivity contribution in [3.63, 3.8) is 0 Å². The van der Waals surface area contributed by atoms with Crippen molar-refractivity contribution >= 4 is 17.7 Å². The molecule has 1 heterocycles. The Morgan fingerprint density at radius 3 is 2.56 bits per heavy atom. The largest absolute Gasteiger partial charge is 0.378 e. The van der Waals surface area contributed by atoms with Crippen LogP contribution in [0.1, 0.15) is 34.1 Å². The normalized spacial score (nSPS) is 13.3. The molecule has 132 valence electrons. The molecule has 0 fully saturated rings. The molecule has 25 heavy (non-hydrogen) atoms. The zero-order chi connectivity index (χ0) is 18.4. The number of benzene rings is 1. The second-order valence-electron chi connectivity index (χ2n) is 6.46. The lowest BCUT2D eigenvalue weighted by atomic mass is 10.0. The van der Waals surface area contributed by atoms with Gasteiger partial charge in [0.2, 0.25) is 0 Å². The van der Waals surface area contributed by atoms with Crippen molar-refractivity contribution in [1.82, 2.24) is 4.98 Å². The molecule has 0 spiro atoms. The third-order valence-electron chi connectivity index (χ3n) is 4.60. The number of H-pyrrole nitrogens is 1. The summed E-state index contributed by atoms with van der Waals surface area (Å²) in [6.07, 6.45) is 5.12. The number of anilines is 1. The first-order valence-electron chi connectivity index (χ1n) is 8.80. The molecule has 0 unspecified atom stereocenters. The molecule has 3 nitrogen and oxygen atoms in total. The number of allylic oxidation sites excluding steroid dienone is 4. The second kappa shape index (κ2) is 8.52. The number of hydrogen-bond acceptors (Lipinski definition) is 2. The van der Waals surface area contributed by atoms with E-state index >= 15 is 0 Å². The van der Waals surface area contributed by atoms with Gasteiger partial charge in [0, 0.05) is 37.3 Å². The van der Waals surface area contributed by atoms with E-state index in [0.29, 0.717) is 0 Å². The van der Waals surface area contributed by atoms with Crippen LogP contribution >= 0.6 is 0 Å². The fourth-order valence-electron chi connectivity index (χ4n) is 2.62. The van der Waals surface area contributed by atoms with Crippen LogP contribution in [0.4, 0.5) is 11.5 Å². The fraction of sp³-hybridized carbons (Fsp3) is 0.318. The molecule has 0 radical (unpaired) electrons. The van der Waals surface area contributed by atoms with Gasteiger partial charge in [0.1, 0.15) is 5.82 Å². The quantitative estimate of drug-likeness (QED) is 0.499. The Morgan fingerprint density at radius 2 is 1.92 bits per heavy atom. The number of rotatable bonds is 6. The summed E-state index contributed by atoms with van der Waals surface area (Å²) >= 11 is 0. The summed E-state index contributed by atoms with van der Waals surface area (Å²) in [7, 11) is 4.10. The fourth-order valence-corrected chi connectivity index (χ4v) is 2.62. The van der Waals surface area contributed by atoms with E-state index in [0.717, 1.165) is 23.5 Å². The number of nitrogens with one attached hydrogen (secondary N) is 1. The van der Waals surface area contributed by atoms with Gasteiger partial charge in [-0.2, -0.15) is 0 Å². The molecule has 0 saturated carbocycles. The molecule has 0 saturated heterocycles. The molecule has 0 atom stereocenters. The van der Waals surface area contributed by atoms with Gasteiger partial charge in [-0.05, 0) is 62.6 Å². The maximum atomic E-state index is 4.63. The lowest BCUT2D eigenvalue weighted by Crippen LogP contribution is -2.08. The third-order valence-corrected chi connectivity index (χ3v) is 4.60. The smallest absolute Gasteiger partial charge is 0.130 e. The van der Waals surface area contributed by atoms with Gasteiger partial charge in [-0.3, -0.25) is 0 Å². The van der Waals surface area contributed by atoms with Crippen molar-refractivity contribution in [1.29, 1.82) is 0 Å². The molecule has 1 aromatic carbocycles. The Hall–Kier alpha value is -2.55. The Labute approximate surface area is 151 Å². The highest BCUT2D eigenvalue weighted by atomic mass is 15.1. The molecule has 0 bridgehead atoms. The van der Waals surface area contributed by atoms with Gasteiger partial charge in [-0.15, -0.1) is 0 Å². The first kappa shape index (κ1) is 18.8. The predicted molar refractivity (Wildman–Crippen MR) is 111 cm³/mol. The van der Waals surface area contributed by atoms with Gasteiger partial charge >= 0.3 is 0 Å². The summed E-state index contributed by atoms with van der Waals surface area (Å²) in [5.41, 5.74) is 7.30. The SMILES string of the molecule is C/C=C(C=Nc1ccc(-c2cccc(N(C)C)c2)[nH]1)/C(C)=C(\C)CC. The highest BCUT2D eigenvalue weighted by Crippen LogP contribution is 2.25. The van der Waals surface area contributed by atoms with Crippen LogP contribution in [-0.2, 0) is 0 Å². The summed E-state index contributed by atoms with van der Waals surface area (Å²) in [5.74, 6) is 0.867. The maximum absolute atomic E-state index is 4.63. The van der Waals surface area contributed by atoms with E-state index in [1.54, 1.807) is 0 Å². The van der Waals surface area contributed by atoms with Gasteiger partial charge in [-0.1, -0.05) is 30.7 Å². The van der Waals surface area contributed by atoms with Crippen LogP contribution in [0.15, 0.2) is 64.2 Å². The van der Waals surface area contributed by atoms with Crippen molar-refractivity contribution in [2.75, 3.05) is 19.0 Å². The number of nitrogens with zero attached hydrogens (tertiary/aromatic N) is 2. The van der Waals surface area contributed by atoms with Gasteiger partial charge in [0.25, 0.3) is 0 Å². The van der Waals surface area contributed by atoms with E-state index in [2.05, 4.69) is 93.1 Å². The summed E-state index contributed by atoms with van der Waals surface area (Å²) in [5, 5.41) is 0. The number of aromatic amines is 1. The van der Waals surface area contributed by atoms with E-state index in [9.17, 15) is 0 Å². The van der Waals surface area contributed by atoms with E-state index in [1.165, 1.54) is 22.4 Å². The van der Waals surface area contributed by atoms with Crippen LogP contribution < -0.4 is 4.90 Å². The summed E-state index contributed by atoms with van der Waals surface area (Å²) in [4.78, 5) is 10.1. The highest BCUT2D eigenvalue weighted by Gasteiger charge is 2.04. The minimum Gasteiger partial charge on any atom is -0.378 e. The Morgan fingerprint density at radius 1 is 1.16 bits per heavy atom. The molecule has 1 N–H and O–H groups in total. The maximum Gasteiger partial charge on any atom is 0.130 e. The molecular formula is C22H29N3. The van der Waals surface area contributed by atoms with Crippen LogP contribution in [0.2, 0.25) is 0 Å². The van der Waals surface area contributed by atoms with E-state index in [1.807, 2.05) is 12.3 Å². The number of aliphatic imine (C=N–C) groups is 1. The molecule has 3 heteroatoms. The van der Waals surface area contributed by atoms with Crippen LogP contribution in [0.5, 0.6) is 0 Å². The lowest BCUT2D eigenvalue weighted by molar-refractivity contribution is 1.06. The zero-order valence-electron chi connectivity index (χ0n) is 16.2. The van der Waals surface area contributed by atoms with E-state index in [4.69, 9.17) is 0 Å². The number of hydrogen-bond donors (Lipinski definition) is 1. The highest BCUT2D eigenvalue weighted by molar-refractivity contribution is 5.86. The van der Waals surface area contributed by atoms with Gasteiger partial charge in [0.15, 0.2) is 0 Å². The standard InChI is InChI=1S/C22H29N3/c1-7-16(3)17(4)18(8-2)15-23-22-13-12-21(24-22)19-10-9-11-20(14-19)25(5)6/h8-15,24H,7H2,1-6H3/b17-16+,18-8+,23-15?. The topological polar surface area (TPSA) is 31.4 Å². The monoisotopic (exact) mass is 335 g/mol. The summed E-state index contributed by atoms with van der Waals surface area (Å²) < 4.78 is 0. The van der Waals surface area contributed by atoms with Crippen LogP contribution in [0.3, 0.4) is 0 Å². The second-order valence-corrected chi connectivity index (χ2v) is 6.46. The molecule has 2 aromatic rings. The molecular weight excluding hydrogens is 306 g/mol. The minimum atomic E-state index is 0.867. The van der Waals surface area contributed by atoms with Crippen molar-refractivity contribution in [3.05, 3.63) is 59.2 Å². The number of aromatic nitrogens is 1. The predicted octanol–water partition coefficient (Wildman–Crippen LogP) is 6.14. The third kappa shape index (κ3) is 4.72. The van der Waals surface area contributed by atoms with Crippen molar-refractivity contribution < 1.29 is 0 Å². The molecule has 0 aliphatic heterocycles. The first-order chi connectivity index (χ1) is 12.0. The van der Waals surface area contributed by atoms with E-state index in [-0.39, 0.29) is 0 Å². The molecule has 0 aliphatic carbocycles. The summed E-state index contributed by atoms with van der Waals surface area (Å²) in [6.45, 7) is 8.58. The first-order valence-corrected chi connectivity index (χ1v) is 8.80. The van der Waals surface area contributed by atoms with E-state index < -0.39 is 0 Å². The van der Waals surface area contributed by atoms with Gasteiger partial charge < -0.3 is 9.88 Å². The molecule has 1 aromatic heterocycles. The zero-order valence-corrected chi connectivity index (χ0v) is 16.2. The average Bonchev–Trinajstić information content (AvgIpc) is 3.10.